The molecule has 0 unspecified atom stereocenters. The molecule has 0 aliphatic heterocycles. The average Bonchev–Trinajstić information content (AvgIpc) is 3.15. The third kappa shape index (κ3) is 3.57. The smallest absolute Gasteiger partial charge is 0.203 e. The molecule has 2 rings (SSSR count). The Balaban J connectivity index is 2.28. The maximum absolute atomic E-state index is 12.3. The summed E-state index contributed by atoms with van der Waals surface area (Å²) in [6.07, 6.45) is 2.18. The van der Waals surface area contributed by atoms with E-state index in [0.29, 0.717) is 8.50 Å². The number of hydrogen-bond acceptors (Lipinski definition) is 8. The topological polar surface area (TPSA) is 118 Å². The number of hydrogen-bond donors (Lipinski definition) is 0. The molecule has 0 aliphatic rings. The molecule has 0 N–H and O–H groups in total. The molecule has 0 atom stereocenters. The van der Waals surface area contributed by atoms with Crippen LogP contribution in [0.5, 0.6) is 0 Å². The van der Waals surface area contributed by atoms with Crippen molar-refractivity contribution in [1.82, 2.24) is 22.9 Å². The van der Waals surface area contributed by atoms with Crippen LogP contribution in [0.15, 0.2) is 33.4 Å². The Morgan fingerprint density at radius 1 is 1.26 bits per heavy atom. The lowest BCUT2D eigenvalue weighted by Gasteiger charge is -2.11. The van der Waals surface area contributed by atoms with Gasteiger partial charge in [0.1, 0.15) is 6.33 Å². The van der Waals surface area contributed by atoms with E-state index in [-0.39, 0.29) is 0 Å². The summed E-state index contributed by atoms with van der Waals surface area (Å²) in [5, 5.41) is 10.3. The van der Waals surface area contributed by atoms with Gasteiger partial charge in [-0.2, -0.15) is 42.0 Å². The predicted molar refractivity (Wildman–Crippen MR) is 84.9 cm³/mol. The highest BCUT2D eigenvalue weighted by Gasteiger charge is 2.27. The van der Waals surface area contributed by atoms with E-state index in [0.717, 1.165) is 16.2 Å². The molecule has 0 fully saturated rings. The number of hydrazone groups is 1. The first kappa shape index (κ1) is 17.5. The normalized spacial score (nSPS) is 13.0. The van der Waals surface area contributed by atoms with Crippen LogP contribution in [-0.4, -0.2) is 67.1 Å². The first-order valence-corrected chi connectivity index (χ1v) is 9.83. The highest BCUT2D eigenvalue weighted by Crippen LogP contribution is 2.11. The van der Waals surface area contributed by atoms with E-state index < -0.39 is 25.4 Å². The van der Waals surface area contributed by atoms with Crippen LogP contribution in [0.25, 0.3) is 0 Å². The van der Waals surface area contributed by atoms with E-state index in [1.807, 2.05) is 5.38 Å². The van der Waals surface area contributed by atoms with E-state index in [2.05, 4.69) is 15.2 Å². The lowest BCUT2D eigenvalue weighted by atomic mass is 10.4. The number of sulfonamides is 1. The zero-order valence-electron chi connectivity index (χ0n) is 12.4. The molecule has 0 aromatic carbocycles. The van der Waals surface area contributed by atoms with Crippen molar-refractivity contribution in [2.45, 2.75) is 5.16 Å². The number of thiophene rings is 1. The van der Waals surface area contributed by atoms with Crippen LogP contribution < -0.4 is 0 Å². The van der Waals surface area contributed by atoms with Gasteiger partial charge in [0, 0.05) is 26.7 Å². The molecule has 0 spiro atoms. The molecule has 0 saturated carbocycles. The minimum Gasteiger partial charge on any atom is -0.203 e. The van der Waals surface area contributed by atoms with Gasteiger partial charge in [0.05, 0.1) is 6.21 Å². The van der Waals surface area contributed by atoms with Gasteiger partial charge in [-0.1, -0.05) is 0 Å². The second-order valence-corrected chi connectivity index (χ2v) is 9.05. The minimum atomic E-state index is -4.14. The van der Waals surface area contributed by atoms with Crippen molar-refractivity contribution in [1.29, 1.82) is 0 Å². The Kier molecular flexibility index (Phi) is 4.84. The standard InChI is InChI=1S/C10H14N6O4S3/c1-14(2)23(19,20)16-8-11-10(13-16)22(17,18)15(3)12-6-9-4-5-21-7-9/h4-8H,1-3H3/b12-6+. The number of rotatable bonds is 6. The van der Waals surface area contributed by atoms with Gasteiger partial charge in [-0.05, 0) is 16.8 Å². The van der Waals surface area contributed by atoms with Gasteiger partial charge in [0.2, 0.25) is 0 Å². The molecule has 0 bridgehead atoms. The Bertz CT molecular complexity index is 898. The van der Waals surface area contributed by atoms with E-state index in [9.17, 15) is 16.8 Å². The highest BCUT2D eigenvalue weighted by atomic mass is 32.2. The van der Waals surface area contributed by atoms with Gasteiger partial charge in [-0.3, -0.25) is 0 Å². The van der Waals surface area contributed by atoms with Crippen molar-refractivity contribution in [3.05, 3.63) is 28.7 Å². The van der Waals surface area contributed by atoms with Crippen LogP contribution in [0.4, 0.5) is 0 Å². The van der Waals surface area contributed by atoms with Gasteiger partial charge in [-0.25, -0.2) is 4.98 Å². The molecule has 2 aromatic heterocycles. The molecule has 0 amide bonds. The van der Waals surface area contributed by atoms with Crippen molar-refractivity contribution in [2.24, 2.45) is 5.10 Å². The molecular formula is C10H14N6O4S3. The summed E-state index contributed by atoms with van der Waals surface area (Å²) in [5.74, 6) is 0. The van der Waals surface area contributed by atoms with Crippen LogP contribution >= 0.6 is 11.3 Å². The molecule has 0 aliphatic carbocycles. The van der Waals surface area contributed by atoms with Crippen LogP contribution in [0, 0.1) is 0 Å². The third-order valence-electron chi connectivity index (χ3n) is 2.64. The van der Waals surface area contributed by atoms with Gasteiger partial charge in [0.25, 0.3) is 5.16 Å². The minimum absolute atomic E-state index is 0.482. The average molecular weight is 378 g/mol. The molecule has 0 saturated heterocycles. The summed E-state index contributed by atoms with van der Waals surface area (Å²) in [4.78, 5) is 3.55. The van der Waals surface area contributed by atoms with Crippen molar-refractivity contribution >= 4 is 37.8 Å². The summed E-state index contributed by atoms with van der Waals surface area (Å²) in [6.45, 7) is 0. The van der Waals surface area contributed by atoms with Gasteiger partial charge >= 0.3 is 20.2 Å². The Labute approximate surface area is 137 Å². The van der Waals surface area contributed by atoms with Crippen LogP contribution in [0.2, 0.25) is 0 Å². The van der Waals surface area contributed by atoms with Crippen LogP contribution in [-0.2, 0) is 20.2 Å². The molecule has 23 heavy (non-hydrogen) atoms. The summed E-state index contributed by atoms with van der Waals surface area (Å²) >= 11 is 1.45. The second-order valence-electron chi connectivity index (χ2n) is 4.43. The van der Waals surface area contributed by atoms with Gasteiger partial charge in [-0.15, -0.1) is 9.19 Å². The maximum atomic E-state index is 12.3. The summed E-state index contributed by atoms with van der Waals surface area (Å²) < 4.78 is 50.3. The predicted octanol–water partition coefficient (Wildman–Crippen LogP) is -0.351. The first-order chi connectivity index (χ1) is 10.7. The monoisotopic (exact) mass is 378 g/mol. The van der Waals surface area contributed by atoms with Crippen molar-refractivity contribution in [2.75, 3.05) is 21.1 Å². The lowest BCUT2D eigenvalue weighted by Crippen LogP contribution is -2.30. The van der Waals surface area contributed by atoms with Crippen molar-refractivity contribution in [3.63, 3.8) is 0 Å². The number of nitrogens with zero attached hydrogens (tertiary/aromatic N) is 6. The molecular weight excluding hydrogens is 364 g/mol. The van der Waals surface area contributed by atoms with E-state index >= 15 is 0 Å². The largest absolute Gasteiger partial charge is 0.323 e. The zero-order chi connectivity index (χ0) is 17.3. The fraction of sp³-hybridized carbons (Fsp3) is 0.300. The molecule has 2 heterocycles. The quantitative estimate of drug-likeness (QED) is 0.501. The molecule has 2 aromatic rings. The Morgan fingerprint density at radius 3 is 2.52 bits per heavy atom. The second kappa shape index (κ2) is 6.35. The van der Waals surface area contributed by atoms with Crippen molar-refractivity contribution < 1.29 is 16.8 Å². The first-order valence-electron chi connectivity index (χ1n) is 6.05. The SMILES string of the molecule is CN(/N=C/c1ccsc1)S(=O)(=O)c1ncn(S(=O)(=O)N(C)C)n1. The molecule has 126 valence electrons. The van der Waals surface area contributed by atoms with Gasteiger partial charge < -0.3 is 0 Å². The maximum Gasteiger partial charge on any atom is 0.323 e. The Hall–Kier alpha value is -1.83. The van der Waals surface area contributed by atoms with Gasteiger partial charge in [0.15, 0.2) is 0 Å². The van der Waals surface area contributed by atoms with Crippen LogP contribution in [0.3, 0.4) is 0 Å². The van der Waals surface area contributed by atoms with E-state index in [4.69, 9.17) is 0 Å². The summed E-state index contributed by atoms with van der Waals surface area (Å²) in [7, 11) is -4.28. The molecule has 10 nitrogen and oxygen atoms in total. The summed E-state index contributed by atoms with van der Waals surface area (Å²) in [6, 6.07) is 1.77. The van der Waals surface area contributed by atoms with E-state index in [1.165, 1.54) is 38.7 Å². The molecule has 0 radical (unpaired) electrons. The fourth-order valence-corrected chi connectivity index (χ4v) is 3.43. The fourth-order valence-electron chi connectivity index (χ4n) is 1.31. The van der Waals surface area contributed by atoms with Crippen LogP contribution in [0.1, 0.15) is 5.56 Å². The zero-order valence-corrected chi connectivity index (χ0v) is 14.9. The summed E-state index contributed by atoms with van der Waals surface area (Å²) in [5.41, 5.74) is 0.741. The third-order valence-corrected chi connectivity index (χ3v) is 6.35. The van der Waals surface area contributed by atoms with Crippen molar-refractivity contribution in [3.8, 4) is 0 Å². The highest BCUT2D eigenvalue weighted by molar-refractivity contribution is 7.89. The Morgan fingerprint density at radius 2 is 1.96 bits per heavy atom. The lowest BCUT2D eigenvalue weighted by molar-refractivity contribution is 0.481. The van der Waals surface area contributed by atoms with E-state index in [1.54, 1.807) is 11.4 Å². The molecule has 13 heteroatoms. The number of aromatic nitrogens is 3.